The van der Waals surface area contributed by atoms with Crippen molar-refractivity contribution < 1.29 is 14.3 Å². The van der Waals surface area contributed by atoms with E-state index in [1.807, 2.05) is 37.3 Å². The molecule has 132 valence electrons. The number of ether oxygens (including phenoxy) is 2. The number of carbonyl (C=O) groups is 1. The number of aromatic nitrogens is 1. The molecule has 2 rings (SSSR count). The molecule has 0 aliphatic carbocycles. The number of hydrogen-bond donors (Lipinski definition) is 1. The molecule has 0 radical (unpaired) electrons. The first-order valence-corrected chi connectivity index (χ1v) is 7.90. The largest absolute Gasteiger partial charge is 0.490 e. The highest BCUT2D eigenvalue weighted by molar-refractivity contribution is 5.81. The zero-order valence-electron chi connectivity index (χ0n) is 14.6. The number of likely N-dealkylation sites (N-methyl/N-ethyl adjacent to an activating group) is 1. The number of hydrogen-bond acceptors (Lipinski definition) is 6. The first-order valence-electron chi connectivity index (χ1n) is 7.90. The zero-order valence-corrected chi connectivity index (χ0v) is 14.6. The summed E-state index contributed by atoms with van der Waals surface area (Å²) in [5, 5.41) is 4.15. The Kier molecular flexibility index (Phi) is 6.76. The van der Waals surface area contributed by atoms with Crippen molar-refractivity contribution in [3.05, 3.63) is 48.2 Å². The molecule has 1 N–H and O–H groups in total. The lowest BCUT2D eigenvalue weighted by atomic mass is 10.2. The molecule has 1 aromatic carbocycles. The highest BCUT2D eigenvalue weighted by Gasteiger charge is 2.10. The lowest BCUT2D eigenvalue weighted by Gasteiger charge is -2.14. The van der Waals surface area contributed by atoms with Crippen molar-refractivity contribution in [2.75, 3.05) is 32.7 Å². The summed E-state index contributed by atoms with van der Waals surface area (Å²) in [5.74, 6) is 1.63. The molecule has 0 aliphatic heterocycles. The zero-order chi connectivity index (χ0) is 18.1. The number of pyridine rings is 1. The van der Waals surface area contributed by atoms with E-state index in [9.17, 15) is 4.79 Å². The van der Waals surface area contributed by atoms with Gasteiger partial charge in [0.2, 0.25) is 0 Å². The van der Waals surface area contributed by atoms with Crippen molar-refractivity contribution in [3.63, 3.8) is 0 Å². The molecular formula is C18H22N4O3. The van der Waals surface area contributed by atoms with Crippen LogP contribution < -0.4 is 14.9 Å². The number of hydrazone groups is 1. The highest BCUT2D eigenvalue weighted by Crippen LogP contribution is 2.28. The Morgan fingerprint density at radius 1 is 1.24 bits per heavy atom. The number of amides is 1. The Morgan fingerprint density at radius 3 is 2.76 bits per heavy atom. The van der Waals surface area contributed by atoms with Gasteiger partial charge in [-0.2, -0.15) is 5.10 Å². The summed E-state index contributed by atoms with van der Waals surface area (Å²) in [6.45, 7) is 2.34. The van der Waals surface area contributed by atoms with Gasteiger partial charge in [0.05, 0.1) is 12.8 Å². The molecule has 0 bridgehead atoms. The molecule has 7 heteroatoms. The van der Waals surface area contributed by atoms with Gasteiger partial charge in [0.1, 0.15) is 5.82 Å². The smallest absolute Gasteiger partial charge is 0.259 e. The van der Waals surface area contributed by atoms with Gasteiger partial charge in [-0.05, 0) is 42.8 Å². The molecule has 0 spiro atoms. The molecule has 0 saturated carbocycles. The van der Waals surface area contributed by atoms with E-state index in [2.05, 4.69) is 15.5 Å². The van der Waals surface area contributed by atoms with Crippen molar-refractivity contribution in [3.8, 4) is 11.5 Å². The molecule has 2 aromatic rings. The van der Waals surface area contributed by atoms with Crippen LogP contribution in [0.3, 0.4) is 0 Å². The summed E-state index contributed by atoms with van der Waals surface area (Å²) in [6, 6.07) is 10.9. The SMILES string of the molecule is CCOc1cc(/C=N\Nc2ccccn2)ccc1OCC(=O)N(C)C. The van der Waals surface area contributed by atoms with E-state index in [4.69, 9.17) is 9.47 Å². The molecule has 1 heterocycles. The van der Waals surface area contributed by atoms with Gasteiger partial charge in [-0.1, -0.05) is 6.07 Å². The third-order valence-electron chi connectivity index (χ3n) is 3.18. The maximum absolute atomic E-state index is 11.7. The fraction of sp³-hybridized carbons (Fsp3) is 0.278. The van der Waals surface area contributed by atoms with Crippen LogP contribution in [0.25, 0.3) is 0 Å². The Morgan fingerprint density at radius 2 is 2.08 bits per heavy atom. The Hall–Kier alpha value is -3.09. The molecule has 0 saturated heterocycles. The summed E-state index contributed by atoms with van der Waals surface area (Å²) in [7, 11) is 3.37. The predicted molar refractivity (Wildman–Crippen MR) is 97.3 cm³/mol. The lowest BCUT2D eigenvalue weighted by molar-refractivity contribution is -0.130. The van der Waals surface area contributed by atoms with E-state index in [-0.39, 0.29) is 12.5 Å². The van der Waals surface area contributed by atoms with Crippen LogP contribution in [0.4, 0.5) is 5.82 Å². The third-order valence-corrected chi connectivity index (χ3v) is 3.18. The van der Waals surface area contributed by atoms with Crippen molar-refractivity contribution in [1.82, 2.24) is 9.88 Å². The van der Waals surface area contributed by atoms with Gasteiger partial charge in [-0.25, -0.2) is 4.98 Å². The second-order valence-corrected chi connectivity index (χ2v) is 5.30. The maximum atomic E-state index is 11.7. The van der Waals surface area contributed by atoms with Crippen LogP contribution in [0.5, 0.6) is 11.5 Å². The van der Waals surface area contributed by atoms with Crippen LogP contribution in [-0.2, 0) is 4.79 Å². The van der Waals surface area contributed by atoms with E-state index < -0.39 is 0 Å². The summed E-state index contributed by atoms with van der Waals surface area (Å²) < 4.78 is 11.1. The minimum absolute atomic E-state index is 0.0399. The number of rotatable bonds is 8. The van der Waals surface area contributed by atoms with Crippen LogP contribution in [0.1, 0.15) is 12.5 Å². The van der Waals surface area contributed by atoms with E-state index in [1.54, 1.807) is 32.6 Å². The summed E-state index contributed by atoms with van der Waals surface area (Å²) in [5.41, 5.74) is 3.68. The average Bonchev–Trinajstić information content (AvgIpc) is 2.62. The van der Waals surface area contributed by atoms with Gasteiger partial charge >= 0.3 is 0 Å². The van der Waals surface area contributed by atoms with Crippen molar-refractivity contribution in [2.24, 2.45) is 5.10 Å². The number of carbonyl (C=O) groups excluding carboxylic acids is 1. The Balaban J connectivity index is 2.05. The van der Waals surface area contributed by atoms with Gasteiger partial charge in [0, 0.05) is 20.3 Å². The molecule has 0 atom stereocenters. The van der Waals surface area contributed by atoms with Crippen LogP contribution in [0, 0.1) is 0 Å². The first-order chi connectivity index (χ1) is 12.1. The van der Waals surface area contributed by atoms with Crippen LogP contribution >= 0.6 is 0 Å². The van der Waals surface area contributed by atoms with Gasteiger partial charge in [-0.3, -0.25) is 10.2 Å². The van der Waals surface area contributed by atoms with Gasteiger partial charge in [0.25, 0.3) is 5.91 Å². The second-order valence-electron chi connectivity index (χ2n) is 5.30. The fourth-order valence-corrected chi connectivity index (χ4v) is 1.86. The van der Waals surface area contributed by atoms with E-state index in [0.29, 0.717) is 23.9 Å². The monoisotopic (exact) mass is 342 g/mol. The van der Waals surface area contributed by atoms with Gasteiger partial charge in [0.15, 0.2) is 18.1 Å². The Labute approximate surface area is 147 Å². The van der Waals surface area contributed by atoms with Crippen molar-refractivity contribution in [2.45, 2.75) is 6.92 Å². The first kappa shape index (κ1) is 18.3. The summed E-state index contributed by atoms with van der Waals surface area (Å²) in [4.78, 5) is 17.3. The molecule has 0 unspecified atom stereocenters. The molecule has 25 heavy (non-hydrogen) atoms. The molecule has 0 fully saturated rings. The van der Waals surface area contributed by atoms with Crippen LogP contribution in [0.2, 0.25) is 0 Å². The molecule has 0 aliphatic rings. The normalized spacial score (nSPS) is 10.5. The van der Waals surface area contributed by atoms with E-state index in [1.165, 1.54) is 4.90 Å². The van der Waals surface area contributed by atoms with Gasteiger partial charge in [-0.15, -0.1) is 0 Å². The topological polar surface area (TPSA) is 76.0 Å². The van der Waals surface area contributed by atoms with Crippen molar-refractivity contribution in [1.29, 1.82) is 0 Å². The molecule has 7 nitrogen and oxygen atoms in total. The Bertz CT molecular complexity index is 718. The average molecular weight is 342 g/mol. The maximum Gasteiger partial charge on any atom is 0.259 e. The van der Waals surface area contributed by atoms with Crippen molar-refractivity contribution >= 4 is 17.9 Å². The molecule has 1 amide bonds. The fourth-order valence-electron chi connectivity index (χ4n) is 1.86. The molecular weight excluding hydrogens is 320 g/mol. The highest BCUT2D eigenvalue weighted by atomic mass is 16.5. The quantitative estimate of drug-likeness (QED) is 0.589. The minimum Gasteiger partial charge on any atom is -0.490 e. The number of benzene rings is 1. The standard InChI is InChI=1S/C18H22N4O3/c1-4-24-16-11-14(12-20-21-17-7-5-6-10-19-17)8-9-15(16)25-13-18(23)22(2)3/h5-12H,4,13H2,1-3H3,(H,19,21)/b20-12-. The van der Waals surface area contributed by atoms with E-state index in [0.717, 1.165) is 5.56 Å². The lowest BCUT2D eigenvalue weighted by Crippen LogP contribution is -2.27. The predicted octanol–water partition coefficient (Wildman–Crippen LogP) is 2.39. The second kappa shape index (κ2) is 9.27. The van der Waals surface area contributed by atoms with Crippen LogP contribution in [0.15, 0.2) is 47.7 Å². The van der Waals surface area contributed by atoms with Gasteiger partial charge < -0.3 is 14.4 Å². The third kappa shape index (κ3) is 5.80. The van der Waals surface area contributed by atoms with E-state index >= 15 is 0 Å². The van der Waals surface area contributed by atoms with Crippen LogP contribution in [-0.4, -0.2) is 49.3 Å². The number of nitrogens with one attached hydrogen (secondary N) is 1. The summed E-state index contributed by atoms with van der Waals surface area (Å²) in [6.07, 6.45) is 3.35. The number of nitrogens with zero attached hydrogens (tertiary/aromatic N) is 3. The molecule has 1 aromatic heterocycles. The number of anilines is 1. The minimum atomic E-state index is -0.118. The summed E-state index contributed by atoms with van der Waals surface area (Å²) >= 11 is 0.